The topological polar surface area (TPSA) is 71.9 Å². The number of aromatic nitrogens is 1. The second-order valence-corrected chi connectivity index (χ2v) is 5.48. The average molecular weight is 373 g/mol. The Morgan fingerprint density at radius 1 is 1.00 bits per heavy atom. The number of nitrogen functional groups attached to an aromatic ring is 1. The number of nitrogens with zero attached hydrogens (tertiary/aromatic N) is 2. The summed E-state index contributed by atoms with van der Waals surface area (Å²) in [6.45, 7) is 0. The molecule has 1 aromatic heterocycles. The first-order valence-electron chi connectivity index (χ1n) is 7.60. The molecule has 0 aliphatic rings. The Morgan fingerprint density at radius 2 is 1.67 bits per heavy atom. The third-order valence-corrected chi connectivity index (χ3v) is 3.71. The minimum atomic E-state index is -4.81. The highest BCUT2D eigenvalue weighted by molar-refractivity contribution is 5.80. The van der Waals surface area contributed by atoms with Gasteiger partial charge >= 0.3 is 6.36 Å². The molecule has 0 bridgehead atoms. The quantitative estimate of drug-likeness (QED) is 0.663. The van der Waals surface area contributed by atoms with Gasteiger partial charge in [0, 0.05) is 11.1 Å². The number of nitriles is 1. The molecule has 2 N–H and O–H groups in total. The first-order chi connectivity index (χ1) is 12.8. The van der Waals surface area contributed by atoms with Crippen LogP contribution in [0.2, 0.25) is 0 Å². The van der Waals surface area contributed by atoms with Crippen LogP contribution in [0.5, 0.6) is 5.75 Å². The summed E-state index contributed by atoms with van der Waals surface area (Å²) in [4.78, 5) is 4.07. The number of alkyl halides is 3. The van der Waals surface area contributed by atoms with Crippen LogP contribution >= 0.6 is 0 Å². The van der Waals surface area contributed by atoms with Gasteiger partial charge in [0.25, 0.3) is 0 Å². The lowest BCUT2D eigenvalue weighted by atomic mass is 9.98. The lowest BCUT2D eigenvalue weighted by Gasteiger charge is -2.12. The summed E-state index contributed by atoms with van der Waals surface area (Å²) in [6.07, 6.45) is -4.81. The van der Waals surface area contributed by atoms with Crippen molar-refractivity contribution in [3.63, 3.8) is 0 Å². The Kier molecular flexibility index (Phi) is 4.69. The molecule has 0 saturated heterocycles. The number of rotatable bonds is 3. The second kappa shape index (κ2) is 6.96. The van der Waals surface area contributed by atoms with E-state index in [1.54, 1.807) is 6.07 Å². The third-order valence-electron chi connectivity index (χ3n) is 3.71. The van der Waals surface area contributed by atoms with E-state index in [1.165, 1.54) is 36.4 Å². The smallest absolute Gasteiger partial charge is 0.406 e. The Balaban J connectivity index is 2.09. The van der Waals surface area contributed by atoms with Crippen molar-refractivity contribution in [3.05, 3.63) is 66.0 Å². The van der Waals surface area contributed by atoms with Crippen LogP contribution in [0.3, 0.4) is 0 Å². The monoisotopic (exact) mass is 373 g/mol. The number of hydrogen-bond donors (Lipinski definition) is 1. The van der Waals surface area contributed by atoms with Gasteiger partial charge in [-0.25, -0.2) is 9.37 Å². The number of ether oxygens (including phenoxy) is 1. The van der Waals surface area contributed by atoms with Crippen LogP contribution in [0.15, 0.2) is 54.6 Å². The van der Waals surface area contributed by atoms with Crippen molar-refractivity contribution in [2.75, 3.05) is 5.73 Å². The largest absolute Gasteiger partial charge is 0.573 e. The van der Waals surface area contributed by atoms with E-state index in [0.717, 1.165) is 12.1 Å². The highest BCUT2D eigenvalue weighted by Crippen LogP contribution is 2.33. The van der Waals surface area contributed by atoms with Crippen LogP contribution in [0.1, 0.15) is 5.56 Å². The molecular formula is C19H11F4N3O. The van der Waals surface area contributed by atoms with E-state index >= 15 is 0 Å². The molecule has 0 atom stereocenters. The molecule has 27 heavy (non-hydrogen) atoms. The van der Waals surface area contributed by atoms with Gasteiger partial charge in [0.1, 0.15) is 29.0 Å². The van der Waals surface area contributed by atoms with Crippen LogP contribution in [0.4, 0.5) is 23.4 Å². The van der Waals surface area contributed by atoms with Crippen LogP contribution in [-0.2, 0) is 0 Å². The predicted octanol–water partition coefficient (Wildman–Crippen LogP) is 4.91. The normalized spacial score (nSPS) is 11.1. The molecule has 3 rings (SSSR count). The van der Waals surface area contributed by atoms with E-state index < -0.39 is 17.9 Å². The summed E-state index contributed by atoms with van der Waals surface area (Å²) < 4.78 is 54.8. The van der Waals surface area contributed by atoms with Gasteiger partial charge < -0.3 is 10.5 Å². The SMILES string of the molecule is N#Cc1c(-c2ccc(OC(F)(F)F)cc2)cc(-c2ccccc2F)nc1N. The second-order valence-electron chi connectivity index (χ2n) is 5.48. The molecule has 1 heterocycles. The van der Waals surface area contributed by atoms with Crippen molar-refractivity contribution in [1.82, 2.24) is 4.98 Å². The van der Waals surface area contributed by atoms with Gasteiger partial charge in [-0.15, -0.1) is 13.2 Å². The van der Waals surface area contributed by atoms with Gasteiger partial charge in [-0.3, -0.25) is 0 Å². The maximum atomic E-state index is 14.1. The fourth-order valence-electron chi connectivity index (χ4n) is 2.55. The van der Waals surface area contributed by atoms with Gasteiger partial charge in [0.2, 0.25) is 0 Å². The Labute approximate surface area is 151 Å². The van der Waals surface area contributed by atoms with Crippen LogP contribution in [0, 0.1) is 17.1 Å². The van der Waals surface area contributed by atoms with Gasteiger partial charge in [0.05, 0.1) is 5.69 Å². The van der Waals surface area contributed by atoms with Crippen molar-refractivity contribution >= 4 is 5.82 Å². The Bertz CT molecular complexity index is 1020. The zero-order chi connectivity index (χ0) is 19.6. The van der Waals surface area contributed by atoms with Gasteiger partial charge in [0.15, 0.2) is 0 Å². The molecule has 3 aromatic rings. The number of benzene rings is 2. The molecule has 0 radical (unpaired) electrons. The van der Waals surface area contributed by atoms with Crippen molar-refractivity contribution in [1.29, 1.82) is 5.26 Å². The molecule has 0 aliphatic heterocycles. The molecule has 0 fully saturated rings. The predicted molar refractivity (Wildman–Crippen MR) is 90.9 cm³/mol. The summed E-state index contributed by atoms with van der Waals surface area (Å²) in [7, 11) is 0. The number of halogens is 4. The maximum absolute atomic E-state index is 14.1. The Morgan fingerprint density at radius 3 is 2.26 bits per heavy atom. The molecule has 0 spiro atoms. The van der Waals surface area contributed by atoms with Crippen LogP contribution < -0.4 is 10.5 Å². The molecule has 0 unspecified atom stereocenters. The number of hydrogen-bond acceptors (Lipinski definition) is 4. The third kappa shape index (κ3) is 3.98. The minimum absolute atomic E-state index is 0.0413. The summed E-state index contributed by atoms with van der Waals surface area (Å²) in [5.41, 5.74) is 7.00. The molecule has 136 valence electrons. The molecule has 0 aliphatic carbocycles. The van der Waals surface area contributed by atoms with Crippen molar-refractivity contribution < 1.29 is 22.3 Å². The highest BCUT2D eigenvalue weighted by atomic mass is 19.4. The highest BCUT2D eigenvalue weighted by Gasteiger charge is 2.31. The fourth-order valence-corrected chi connectivity index (χ4v) is 2.55. The maximum Gasteiger partial charge on any atom is 0.573 e. The van der Waals surface area contributed by atoms with Crippen molar-refractivity contribution in [3.8, 4) is 34.2 Å². The fraction of sp³-hybridized carbons (Fsp3) is 0.0526. The summed E-state index contributed by atoms with van der Waals surface area (Å²) in [5, 5.41) is 9.37. The number of pyridine rings is 1. The van der Waals surface area contributed by atoms with E-state index in [2.05, 4.69) is 9.72 Å². The lowest BCUT2D eigenvalue weighted by molar-refractivity contribution is -0.274. The number of anilines is 1. The molecular weight excluding hydrogens is 362 g/mol. The van der Waals surface area contributed by atoms with Crippen molar-refractivity contribution in [2.24, 2.45) is 0 Å². The lowest BCUT2D eigenvalue weighted by Crippen LogP contribution is -2.16. The molecule has 8 heteroatoms. The van der Waals surface area contributed by atoms with E-state index in [1.807, 2.05) is 6.07 Å². The van der Waals surface area contributed by atoms with Crippen LogP contribution in [-0.4, -0.2) is 11.3 Å². The standard InChI is InChI=1S/C19H11F4N3O/c20-16-4-2-1-3-13(16)17-9-14(15(10-24)18(25)26-17)11-5-7-12(8-6-11)27-19(21,22)23/h1-9H,(H2,25,26). The van der Waals surface area contributed by atoms with E-state index in [0.29, 0.717) is 11.1 Å². The summed E-state index contributed by atoms with van der Waals surface area (Å²) in [6, 6.07) is 14.2. The van der Waals surface area contributed by atoms with E-state index in [-0.39, 0.29) is 22.6 Å². The van der Waals surface area contributed by atoms with Crippen molar-refractivity contribution in [2.45, 2.75) is 6.36 Å². The molecule has 2 aromatic carbocycles. The first kappa shape index (κ1) is 18.2. The Hall–Kier alpha value is -3.60. The molecule has 0 amide bonds. The van der Waals surface area contributed by atoms with Crippen LogP contribution in [0.25, 0.3) is 22.4 Å². The summed E-state index contributed by atoms with van der Waals surface area (Å²) >= 11 is 0. The average Bonchev–Trinajstić information content (AvgIpc) is 2.61. The van der Waals surface area contributed by atoms with E-state index in [4.69, 9.17) is 5.73 Å². The number of nitrogens with two attached hydrogens (primary N) is 1. The molecule has 0 saturated carbocycles. The minimum Gasteiger partial charge on any atom is -0.406 e. The summed E-state index contributed by atoms with van der Waals surface area (Å²) in [5.74, 6) is -1.03. The first-order valence-corrected chi connectivity index (χ1v) is 7.60. The van der Waals surface area contributed by atoms with E-state index in [9.17, 15) is 22.8 Å². The van der Waals surface area contributed by atoms with Gasteiger partial charge in [-0.1, -0.05) is 24.3 Å². The molecule has 4 nitrogen and oxygen atoms in total. The zero-order valence-electron chi connectivity index (χ0n) is 13.6. The van der Waals surface area contributed by atoms with Gasteiger partial charge in [-0.05, 0) is 35.9 Å². The van der Waals surface area contributed by atoms with Gasteiger partial charge in [-0.2, -0.15) is 5.26 Å². The zero-order valence-corrected chi connectivity index (χ0v) is 13.6.